The summed E-state index contributed by atoms with van der Waals surface area (Å²) in [5.41, 5.74) is -0.652. The van der Waals surface area contributed by atoms with Crippen molar-refractivity contribution in [1.82, 2.24) is 14.7 Å². The van der Waals surface area contributed by atoms with E-state index in [9.17, 15) is 14.7 Å². The monoisotopic (exact) mass is 301 g/mol. The summed E-state index contributed by atoms with van der Waals surface area (Å²) in [6.45, 7) is 9.73. The van der Waals surface area contributed by atoms with Gasteiger partial charge in [0.2, 0.25) is 11.8 Å². The van der Waals surface area contributed by atoms with Crippen LogP contribution >= 0.6 is 0 Å². The highest BCUT2D eigenvalue weighted by Gasteiger charge is 2.34. The van der Waals surface area contributed by atoms with Gasteiger partial charge in [-0.3, -0.25) is 14.5 Å². The van der Waals surface area contributed by atoms with Crippen LogP contribution in [0.4, 0.5) is 0 Å². The first kappa shape index (κ1) is 19.9. The fourth-order valence-corrected chi connectivity index (χ4v) is 1.80. The molecule has 0 aromatic heterocycles. The minimum Gasteiger partial charge on any atom is -0.394 e. The van der Waals surface area contributed by atoms with Crippen LogP contribution in [0.5, 0.6) is 0 Å². The molecule has 0 aliphatic carbocycles. The number of nitrogens with zero attached hydrogens (tertiary/aromatic N) is 3. The fourth-order valence-electron chi connectivity index (χ4n) is 1.80. The summed E-state index contributed by atoms with van der Waals surface area (Å²) in [4.78, 5) is 29.8. The molecule has 124 valence electrons. The summed E-state index contributed by atoms with van der Waals surface area (Å²) in [6.07, 6.45) is 0. The van der Waals surface area contributed by atoms with Crippen molar-refractivity contribution in [1.29, 1.82) is 0 Å². The van der Waals surface area contributed by atoms with Crippen LogP contribution < -0.4 is 0 Å². The van der Waals surface area contributed by atoms with Gasteiger partial charge < -0.3 is 14.9 Å². The highest BCUT2D eigenvalue weighted by atomic mass is 16.3. The van der Waals surface area contributed by atoms with Gasteiger partial charge in [0, 0.05) is 14.1 Å². The lowest BCUT2D eigenvalue weighted by atomic mass is 10.0. The molecule has 0 aromatic carbocycles. The molecule has 0 rings (SSSR count). The molecule has 2 unspecified atom stereocenters. The molecule has 0 aliphatic rings. The third-order valence-corrected chi connectivity index (χ3v) is 4.43. The Kier molecular flexibility index (Phi) is 7.33. The molecule has 1 N–H and O–H groups in total. The first-order valence-electron chi connectivity index (χ1n) is 7.36. The van der Waals surface area contributed by atoms with E-state index in [4.69, 9.17) is 0 Å². The number of rotatable bonds is 7. The van der Waals surface area contributed by atoms with E-state index in [1.54, 1.807) is 34.9 Å². The van der Waals surface area contributed by atoms with Crippen LogP contribution in [0.2, 0.25) is 0 Å². The van der Waals surface area contributed by atoms with Crippen LogP contribution in [0, 0.1) is 0 Å². The highest BCUT2D eigenvalue weighted by molar-refractivity contribution is 5.89. The third kappa shape index (κ3) is 4.68. The number of likely N-dealkylation sites (N-methyl/N-ethyl adjacent to an activating group) is 3. The standard InChI is InChI=1S/C15H31N3O3/c1-9-16(6)11(2)13(20)17(7)12(3)14(21)18(8)15(4,5)10-19/h11-12,19H,9-10H2,1-8H3. The summed E-state index contributed by atoms with van der Waals surface area (Å²) in [7, 11) is 5.17. The maximum atomic E-state index is 12.5. The van der Waals surface area contributed by atoms with Crippen molar-refractivity contribution < 1.29 is 14.7 Å². The molecule has 0 aromatic rings. The van der Waals surface area contributed by atoms with Crippen LogP contribution in [-0.2, 0) is 9.59 Å². The van der Waals surface area contributed by atoms with Gasteiger partial charge >= 0.3 is 0 Å². The molecular weight excluding hydrogens is 270 g/mol. The molecule has 0 radical (unpaired) electrons. The van der Waals surface area contributed by atoms with Crippen LogP contribution in [0.3, 0.4) is 0 Å². The van der Waals surface area contributed by atoms with Crippen molar-refractivity contribution >= 4 is 11.8 Å². The second-order valence-corrected chi connectivity index (χ2v) is 6.24. The quantitative estimate of drug-likeness (QED) is 0.739. The van der Waals surface area contributed by atoms with Crippen molar-refractivity contribution in [3.8, 4) is 0 Å². The predicted octanol–water partition coefficient (Wildman–Crippen LogP) is 0.403. The summed E-state index contributed by atoms with van der Waals surface area (Å²) < 4.78 is 0. The van der Waals surface area contributed by atoms with Crippen molar-refractivity contribution in [2.45, 2.75) is 52.2 Å². The largest absolute Gasteiger partial charge is 0.394 e. The van der Waals surface area contributed by atoms with E-state index in [2.05, 4.69) is 0 Å². The number of hydrogen-bond donors (Lipinski definition) is 1. The highest BCUT2D eigenvalue weighted by Crippen LogP contribution is 2.15. The van der Waals surface area contributed by atoms with Crippen molar-refractivity contribution in [2.75, 3.05) is 34.3 Å². The molecule has 2 amide bonds. The van der Waals surface area contributed by atoms with Gasteiger partial charge in [0.05, 0.1) is 18.2 Å². The van der Waals surface area contributed by atoms with Crippen LogP contribution in [0.15, 0.2) is 0 Å². The van der Waals surface area contributed by atoms with Crippen molar-refractivity contribution in [2.24, 2.45) is 0 Å². The van der Waals surface area contributed by atoms with E-state index in [1.807, 2.05) is 25.8 Å². The summed E-state index contributed by atoms with van der Waals surface area (Å²) in [5.74, 6) is -0.272. The minimum atomic E-state index is -0.652. The van der Waals surface area contributed by atoms with Crippen LogP contribution in [-0.4, -0.2) is 83.5 Å². The van der Waals surface area contributed by atoms with Gasteiger partial charge in [-0.15, -0.1) is 0 Å². The van der Waals surface area contributed by atoms with E-state index in [0.29, 0.717) is 0 Å². The molecule has 6 heteroatoms. The Balaban J connectivity index is 4.96. The molecular formula is C15H31N3O3. The Bertz CT molecular complexity index is 371. The predicted molar refractivity (Wildman–Crippen MR) is 83.9 cm³/mol. The lowest BCUT2D eigenvalue weighted by molar-refractivity contribution is -0.149. The normalized spacial score (nSPS) is 14.8. The van der Waals surface area contributed by atoms with Crippen LogP contribution in [0.25, 0.3) is 0 Å². The zero-order valence-corrected chi connectivity index (χ0v) is 14.7. The van der Waals surface area contributed by atoms with Crippen LogP contribution in [0.1, 0.15) is 34.6 Å². The van der Waals surface area contributed by atoms with Crippen molar-refractivity contribution in [3.05, 3.63) is 0 Å². The molecule has 0 saturated carbocycles. The lowest BCUT2D eigenvalue weighted by Gasteiger charge is -2.38. The topological polar surface area (TPSA) is 64.1 Å². The summed E-state index contributed by atoms with van der Waals surface area (Å²) in [5, 5.41) is 9.35. The summed E-state index contributed by atoms with van der Waals surface area (Å²) >= 11 is 0. The van der Waals surface area contributed by atoms with E-state index in [0.717, 1.165) is 6.54 Å². The average molecular weight is 301 g/mol. The number of amides is 2. The molecule has 0 fully saturated rings. The molecule has 21 heavy (non-hydrogen) atoms. The number of aliphatic hydroxyl groups excluding tert-OH is 1. The zero-order valence-electron chi connectivity index (χ0n) is 14.7. The van der Waals surface area contributed by atoms with E-state index >= 15 is 0 Å². The Hall–Kier alpha value is -1.14. The SMILES string of the molecule is CCN(C)C(C)C(=O)N(C)C(C)C(=O)N(C)C(C)(C)CO. The number of carbonyl (C=O) groups is 2. The van der Waals surface area contributed by atoms with E-state index in [-0.39, 0.29) is 24.5 Å². The molecule has 6 nitrogen and oxygen atoms in total. The van der Waals surface area contributed by atoms with Gasteiger partial charge in [0.15, 0.2) is 0 Å². The first-order chi connectivity index (χ1) is 9.51. The lowest BCUT2D eigenvalue weighted by Crippen LogP contribution is -2.56. The molecule has 0 aliphatic heterocycles. The van der Waals surface area contributed by atoms with Gasteiger partial charge in [0.25, 0.3) is 0 Å². The molecule has 0 saturated heterocycles. The molecule has 0 heterocycles. The van der Waals surface area contributed by atoms with E-state index in [1.165, 1.54) is 9.80 Å². The van der Waals surface area contributed by atoms with Gasteiger partial charge in [-0.25, -0.2) is 0 Å². The first-order valence-corrected chi connectivity index (χ1v) is 7.36. The molecule has 0 spiro atoms. The van der Waals surface area contributed by atoms with Crippen molar-refractivity contribution in [3.63, 3.8) is 0 Å². The second-order valence-electron chi connectivity index (χ2n) is 6.24. The number of carbonyl (C=O) groups excluding carboxylic acids is 2. The third-order valence-electron chi connectivity index (χ3n) is 4.43. The zero-order chi connectivity index (χ0) is 17.0. The minimum absolute atomic E-state index is 0.0876. The van der Waals surface area contributed by atoms with Gasteiger partial charge in [-0.05, 0) is 41.3 Å². The Morgan fingerprint density at radius 1 is 1.05 bits per heavy atom. The second kappa shape index (κ2) is 7.75. The smallest absolute Gasteiger partial charge is 0.245 e. The average Bonchev–Trinajstić information content (AvgIpc) is 2.49. The van der Waals surface area contributed by atoms with Gasteiger partial charge in [-0.2, -0.15) is 0 Å². The van der Waals surface area contributed by atoms with E-state index < -0.39 is 11.6 Å². The molecule has 2 atom stereocenters. The van der Waals surface area contributed by atoms with Gasteiger partial charge in [-0.1, -0.05) is 6.92 Å². The Labute approximate surface area is 128 Å². The number of hydrogen-bond acceptors (Lipinski definition) is 4. The Morgan fingerprint density at radius 2 is 1.52 bits per heavy atom. The fraction of sp³-hybridized carbons (Fsp3) is 0.867. The summed E-state index contributed by atoms with van der Waals surface area (Å²) in [6, 6.07) is -0.840. The maximum Gasteiger partial charge on any atom is 0.245 e. The molecule has 0 bridgehead atoms. The maximum absolute atomic E-state index is 12.5. The van der Waals surface area contributed by atoms with Gasteiger partial charge in [0.1, 0.15) is 6.04 Å². The number of aliphatic hydroxyl groups is 1. The Morgan fingerprint density at radius 3 is 1.90 bits per heavy atom.